The predicted octanol–water partition coefficient (Wildman–Crippen LogP) is 2.10. The average molecular weight is 427 g/mol. The van der Waals surface area contributed by atoms with Crippen LogP contribution in [0.5, 0.6) is 5.75 Å². The van der Waals surface area contributed by atoms with E-state index in [1.165, 1.54) is 44.4 Å². The van der Waals surface area contributed by atoms with Gasteiger partial charge in [-0.2, -0.15) is 0 Å². The van der Waals surface area contributed by atoms with Crippen LogP contribution in [-0.2, 0) is 24.7 Å². The maximum Gasteiger partial charge on any atom is 0.241 e. The molecule has 10 heteroatoms. The number of sulfonamides is 1. The molecule has 2 rings (SSSR count). The van der Waals surface area contributed by atoms with E-state index in [1.54, 1.807) is 19.1 Å². The van der Waals surface area contributed by atoms with Crippen LogP contribution in [0.3, 0.4) is 0 Å². The van der Waals surface area contributed by atoms with E-state index in [4.69, 9.17) is 4.74 Å². The molecule has 2 aromatic carbocycles. The zero-order valence-electron chi connectivity index (χ0n) is 15.9. The fourth-order valence-corrected chi connectivity index (χ4v) is 4.40. The molecule has 2 aromatic rings. The molecule has 0 aromatic heterocycles. The standard InChI is InChI=1S/C18H22N2O6S2/c1-12(14-5-7-15(8-6-14)27(4,22)23)20-28(24,25)16-9-10-18(26-3)17(11-16)19-13(2)21/h5-12,20H,1-4H3,(H,19,21)/t12-/m0/s1. The van der Waals surface area contributed by atoms with Crippen LogP contribution < -0.4 is 14.8 Å². The van der Waals surface area contributed by atoms with E-state index in [9.17, 15) is 21.6 Å². The third kappa shape index (κ3) is 5.31. The zero-order chi connectivity index (χ0) is 21.1. The molecule has 2 N–H and O–H groups in total. The van der Waals surface area contributed by atoms with Crippen LogP contribution in [0, 0.1) is 0 Å². The van der Waals surface area contributed by atoms with Gasteiger partial charge in [0.25, 0.3) is 0 Å². The molecule has 0 bridgehead atoms. The summed E-state index contributed by atoms with van der Waals surface area (Å²) in [6.07, 6.45) is 1.10. The Morgan fingerprint density at radius 2 is 1.57 bits per heavy atom. The van der Waals surface area contributed by atoms with Crippen molar-refractivity contribution in [3.05, 3.63) is 48.0 Å². The first kappa shape index (κ1) is 21.9. The lowest BCUT2D eigenvalue weighted by atomic mass is 10.1. The molecule has 0 unspecified atom stereocenters. The summed E-state index contributed by atoms with van der Waals surface area (Å²) in [5, 5.41) is 2.53. The topological polar surface area (TPSA) is 119 Å². The molecule has 0 radical (unpaired) electrons. The predicted molar refractivity (Wildman–Crippen MR) is 106 cm³/mol. The SMILES string of the molecule is COc1ccc(S(=O)(=O)N[C@@H](C)c2ccc(S(C)(=O)=O)cc2)cc1NC(C)=O. The third-order valence-corrected chi connectivity index (χ3v) is 6.60. The van der Waals surface area contributed by atoms with Gasteiger partial charge in [0.05, 0.1) is 22.6 Å². The molecule has 28 heavy (non-hydrogen) atoms. The van der Waals surface area contributed by atoms with E-state index >= 15 is 0 Å². The van der Waals surface area contributed by atoms with Gasteiger partial charge in [0.1, 0.15) is 5.75 Å². The summed E-state index contributed by atoms with van der Waals surface area (Å²) in [4.78, 5) is 11.4. The lowest BCUT2D eigenvalue weighted by molar-refractivity contribution is -0.114. The van der Waals surface area contributed by atoms with E-state index in [0.717, 1.165) is 6.26 Å². The summed E-state index contributed by atoms with van der Waals surface area (Å²) in [5.41, 5.74) is 0.842. The molecular formula is C18H22N2O6S2. The minimum Gasteiger partial charge on any atom is -0.495 e. The highest BCUT2D eigenvalue weighted by Crippen LogP contribution is 2.28. The van der Waals surface area contributed by atoms with Gasteiger partial charge in [-0.15, -0.1) is 0 Å². The van der Waals surface area contributed by atoms with Crippen molar-refractivity contribution >= 4 is 31.5 Å². The van der Waals surface area contributed by atoms with Gasteiger partial charge in [0.2, 0.25) is 15.9 Å². The molecule has 0 fully saturated rings. The summed E-state index contributed by atoms with van der Waals surface area (Å²) >= 11 is 0. The van der Waals surface area contributed by atoms with Crippen molar-refractivity contribution < 1.29 is 26.4 Å². The van der Waals surface area contributed by atoms with E-state index in [-0.39, 0.29) is 21.4 Å². The fourth-order valence-electron chi connectivity index (χ4n) is 2.51. The third-order valence-electron chi connectivity index (χ3n) is 3.93. The monoisotopic (exact) mass is 426 g/mol. The smallest absolute Gasteiger partial charge is 0.241 e. The first-order valence-electron chi connectivity index (χ1n) is 8.22. The Hall–Kier alpha value is -2.43. The van der Waals surface area contributed by atoms with Crippen molar-refractivity contribution in [2.75, 3.05) is 18.7 Å². The highest BCUT2D eigenvalue weighted by atomic mass is 32.2. The number of methoxy groups -OCH3 is 1. The largest absolute Gasteiger partial charge is 0.495 e. The highest BCUT2D eigenvalue weighted by Gasteiger charge is 2.21. The van der Waals surface area contributed by atoms with Gasteiger partial charge in [-0.25, -0.2) is 21.6 Å². The number of sulfone groups is 1. The Labute approximate surface area is 164 Å². The molecule has 1 atom stereocenters. The van der Waals surface area contributed by atoms with Crippen LogP contribution in [0.25, 0.3) is 0 Å². The van der Waals surface area contributed by atoms with Crippen molar-refractivity contribution in [1.29, 1.82) is 0 Å². The second kappa shape index (κ2) is 8.29. The Kier molecular flexibility index (Phi) is 6.48. The number of anilines is 1. The number of amides is 1. The van der Waals surface area contributed by atoms with Gasteiger partial charge in [-0.1, -0.05) is 12.1 Å². The number of nitrogens with one attached hydrogen (secondary N) is 2. The second-order valence-corrected chi connectivity index (χ2v) is 9.96. The van der Waals surface area contributed by atoms with E-state index in [2.05, 4.69) is 10.0 Å². The molecule has 0 aliphatic carbocycles. The summed E-state index contributed by atoms with van der Waals surface area (Å²) in [6.45, 7) is 2.95. The van der Waals surface area contributed by atoms with Crippen molar-refractivity contribution in [1.82, 2.24) is 4.72 Å². The molecule has 0 spiro atoms. The zero-order valence-corrected chi connectivity index (χ0v) is 17.5. The number of rotatable bonds is 7. The first-order chi connectivity index (χ1) is 12.9. The molecule has 0 aliphatic rings. The number of ether oxygens (including phenoxy) is 1. The maximum absolute atomic E-state index is 12.7. The quantitative estimate of drug-likeness (QED) is 0.700. The molecule has 0 saturated carbocycles. The molecule has 0 saturated heterocycles. The Balaban J connectivity index is 2.28. The van der Waals surface area contributed by atoms with Gasteiger partial charge in [-0.05, 0) is 42.8 Å². The van der Waals surface area contributed by atoms with Crippen LogP contribution in [0.15, 0.2) is 52.3 Å². The molecular weight excluding hydrogens is 404 g/mol. The molecule has 1 amide bonds. The summed E-state index contributed by atoms with van der Waals surface area (Å²) in [6, 6.07) is 9.49. The fraction of sp³-hybridized carbons (Fsp3) is 0.278. The van der Waals surface area contributed by atoms with Gasteiger partial charge >= 0.3 is 0 Å². The molecule has 0 heterocycles. The van der Waals surface area contributed by atoms with Crippen molar-refractivity contribution in [3.8, 4) is 5.75 Å². The summed E-state index contributed by atoms with van der Waals surface area (Å²) < 4.78 is 56.2. The second-order valence-electron chi connectivity index (χ2n) is 6.23. The van der Waals surface area contributed by atoms with Gasteiger partial charge in [-0.3, -0.25) is 4.79 Å². The number of carbonyl (C=O) groups is 1. The minimum atomic E-state index is -3.90. The average Bonchev–Trinajstić information content (AvgIpc) is 2.60. The lowest BCUT2D eigenvalue weighted by Crippen LogP contribution is -2.27. The van der Waals surface area contributed by atoms with Gasteiger partial charge in [0, 0.05) is 19.2 Å². The van der Waals surface area contributed by atoms with Crippen LogP contribution >= 0.6 is 0 Å². The van der Waals surface area contributed by atoms with Gasteiger partial charge in [0.15, 0.2) is 9.84 Å². The summed E-state index contributed by atoms with van der Waals surface area (Å²) in [7, 11) is -5.82. The highest BCUT2D eigenvalue weighted by molar-refractivity contribution is 7.90. The summed E-state index contributed by atoms with van der Waals surface area (Å²) in [5.74, 6) is -0.0290. The first-order valence-corrected chi connectivity index (χ1v) is 11.6. The minimum absolute atomic E-state index is 0.0448. The van der Waals surface area contributed by atoms with E-state index < -0.39 is 25.9 Å². The van der Waals surface area contributed by atoms with Crippen LogP contribution in [-0.4, -0.2) is 36.1 Å². The number of carbonyl (C=O) groups excluding carboxylic acids is 1. The van der Waals surface area contributed by atoms with Crippen molar-refractivity contribution in [2.24, 2.45) is 0 Å². The Morgan fingerprint density at radius 1 is 1.00 bits per heavy atom. The molecule has 152 valence electrons. The molecule has 0 aliphatic heterocycles. The van der Waals surface area contributed by atoms with Crippen LogP contribution in [0.4, 0.5) is 5.69 Å². The number of benzene rings is 2. The molecule has 8 nitrogen and oxygen atoms in total. The van der Waals surface area contributed by atoms with Crippen molar-refractivity contribution in [3.63, 3.8) is 0 Å². The Bertz CT molecular complexity index is 1080. The van der Waals surface area contributed by atoms with Crippen molar-refractivity contribution in [2.45, 2.75) is 29.7 Å². The van der Waals surface area contributed by atoms with Crippen LogP contribution in [0.1, 0.15) is 25.5 Å². The lowest BCUT2D eigenvalue weighted by Gasteiger charge is -2.16. The number of hydrogen-bond acceptors (Lipinski definition) is 6. The Morgan fingerprint density at radius 3 is 2.07 bits per heavy atom. The number of hydrogen-bond donors (Lipinski definition) is 2. The maximum atomic E-state index is 12.7. The van der Waals surface area contributed by atoms with E-state index in [1.807, 2.05) is 0 Å². The van der Waals surface area contributed by atoms with Crippen LogP contribution in [0.2, 0.25) is 0 Å². The normalized spacial score (nSPS) is 13.0. The van der Waals surface area contributed by atoms with Gasteiger partial charge < -0.3 is 10.1 Å². The van der Waals surface area contributed by atoms with E-state index in [0.29, 0.717) is 11.3 Å².